The molecule has 1 aromatic heterocycles. The lowest BCUT2D eigenvalue weighted by Gasteiger charge is -2.12. The Morgan fingerprint density at radius 3 is 2.43 bits per heavy atom. The number of benzene rings is 1. The van der Waals surface area contributed by atoms with Crippen molar-refractivity contribution in [2.75, 3.05) is 5.43 Å². The Labute approximate surface area is 165 Å². The van der Waals surface area contributed by atoms with E-state index in [-0.39, 0.29) is 0 Å². The average molecular weight is 390 g/mol. The Balaban J connectivity index is 1.82. The zero-order valence-corrected chi connectivity index (χ0v) is 16.5. The van der Waals surface area contributed by atoms with Crippen LogP contribution in [0.5, 0.6) is 0 Å². The van der Waals surface area contributed by atoms with E-state index in [4.69, 9.17) is 0 Å². The van der Waals surface area contributed by atoms with Gasteiger partial charge in [-0.15, -0.1) is 0 Å². The summed E-state index contributed by atoms with van der Waals surface area (Å²) in [6.07, 6.45) is 9.12. The van der Waals surface area contributed by atoms with Crippen LogP contribution in [0.1, 0.15) is 50.2 Å². The molecule has 0 radical (unpaired) electrons. The number of hydrazine groups is 1. The Morgan fingerprint density at radius 2 is 1.71 bits per heavy atom. The summed E-state index contributed by atoms with van der Waals surface area (Å²) in [5.74, 6) is -1.34. The molecule has 0 aliphatic heterocycles. The van der Waals surface area contributed by atoms with Crippen molar-refractivity contribution < 1.29 is 18.1 Å². The maximum atomic E-state index is 12.3. The number of unbranched alkanes of at least 4 members (excludes halogenated alkanes) is 4. The predicted molar refractivity (Wildman–Crippen MR) is 107 cm³/mol. The normalized spacial score (nSPS) is 10.9. The zero-order chi connectivity index (χ0) is 20.2. The topological polar surface area (TPSA) is 45.0 Å². The molecule has 0 aliphatic rings. The van der Waals surface area contributed by atoms with Crippen LogP contribution >= 0.6 is 0 Å². The number of anilines is 1. The van der Waals surface area contributed by atoms with E-state index in [1.165, 1.54) is 37.7 Å². The number of halogens is 2. The highest BCUT2D eigenvalue weighted by atomic mass is 19.3. The van der Waals surface area contributed by atoms with Crippen LogP contribution in [-0.2, 0) is 24.2 Å². The van der Waals surface area contributed by atoms with Gasteiger partial charge in [0.05, 0.1) is 5.69 Å². The number of nitrogens with one attached hydrogen (secondary N) is 2. The second-order valence-corrected chi connectivity index (χ2v) is 6.93. The summed E-state index contributed by atoms with van der Waals surface area (Å²) in [7, 11) is 0. The van der Waals surface area contributed by atoms with Crippen molar-refractivity contribution in [1.82, 2.24) is 5.43 Å². The fraction of sp³-hybridized carbons (Fsp3) is 0.455. The van der Waals surface area contributed by atoms with Gasteiger partial charge in [-0.3, -0.25) is 15.6 Å². The van der Waals surface area contributed by atoms with E-state index < -0.39 is 12.3 Å². The van der Waals surface area contributed by atoms with Crippen molar-refractivity contribution in [2.45, 2.75) is 64.8 Å². The lowest BCUT2D eigenvalue weighted by molar-refractivity contribution is -0.697. The maximum absolute atomic E-state index is 12.3. The highest BCUT2D eigenvalue weighted by molar-refractivity contribution is 5.80. The molecule has 0 fully saturated rings. The minimum Gasteiger partial charge on any atom is -0.298 e. The molecule has 0 spiro atoms. The number of rotatable bonds is 12. The molecule has 0 atom stereocenters. The van der Waals surface area contributed by atoms with Gasteiger partial charge in [0.25, 0.3) is 0 Å². The fourth-order valence-electron chi connectivity index (χ4n) is 3.02. The molecule has 0 aliphatic carbocycles. The molecule has 0 saturated carbocycles. The highest BCUT2D eigenvalue weighted by Gasteiger charge is 2.14. The van der Waals surface area contributed by atoms with Crippen LogP contribution in [0.25, 0.3) is 0 Å². The number of carbonyl (C=O) groups is 1. The minimum atomic E-state index is -3.04. The highest BCUT2D eigenvalue weighted by Crippen LogP contribution is 2.16. The van der Waals surface area contributed by atoms with Gasteiger partial charge in [-0.25, -0.2) is 4.57 Å². The third kappa shape index (κ3) is 7.62. The van der Waals surface area contributed by atoms with E-state index in [0.29, 0.717) is 5.69 Å². The quantitative estimate of drug-likeness (QED) is 0.320. The molecule has 0 bridgehead atoms. The number of aryl methyl sites for hydroxylation is 3. The number of hydrogen-bond donors (Lipinski definition) is 2. The molecule has 0 saturated heterocycles. The zero-order valence-electron chi connectivity index (χ0n) is 16.5. The van der Waals surface area contributed by atoms with E-state index >= 15 is 0 Å². The Morgan fingerprint density at radius 1 is 1.00 bits per heavy atom. The summed E-state index contributed by atoms with van der Waals surface area (Å²) in [5, 5.41) is 0. The number of aromatic nitrogens is 1. The molecular weight excluding hydrogens is 360 g/mol. The van der Waals surface area contributed by atoms with Gasteiger partial charge in [-0.2, -0.15) is 8.78 Å². The number of alkyl halides is 2. The first-order valence-corrected chi connectivity index (χ1v) is 10.00. The monoisotopic (exact) mass is 390 g/mol. The van der Waals surface area contributed by atoms with Crippen LogP contribution in [0, 0.1) is 0 Å². The fourth-order valence-corrected chi connectivity index (χ4v) is 3.02. The van der Waals surface area contributed by atoms with E-state index in [1.54, 1.807) is 12.1 Å². The van der Waals surface area contributed by atoms with E-state index in [0.717, 1.165) is 24.9 Å². The SMILES string of the molecule is CCCCCCC[n+]1ccc(CCc2ccccc2NNC(=O)C(F)F)cc1. The van der Waals surface area contributed by atoms with Gasteiger partial charge < -0.3 is 0 Å². The van der Waals surface area contributed by atoms with Crippen LogP contribution in [0.3, 0.4) is 0 Å². The van der Waals surface area contributed by atoms with Gasteiger partial charge in [0.15, 0.2) is 12.4 Å². The third-order valence-electron chi connectivity index (χ3n) is 4.70. The van der Waals surface area contributed by atoms with Gasteiger partial charge >= 0.3 is 12.3 Å². The summed E-state index contributed by atoms with van der Waals surface area (Å²) in [4.78, 5) is 11.0. The summed E-state index contributed by atoms with van der Waals surface area (Å²) in [6.45, 7) is 3.27. The average Bonchev–Trinajstić information content (AvgIpc) is 2.71. The number of amides is 1. The maximum Gasteiger partial charge on any atom is 0.317 e. The van der Waals surface area contributed by atoms with Gasteiger partial charge in [0.1, 0.15) is 6.54 Å². The van der Waals surface area contributed by atoms with E-state index in [1.807, 2.05) is 17.6 Å². The van der Waals surface area contributed by atoms with Crippen LogP contribution in [0.4, 0.5) is 14.5 Å². The van der Waals surface area contributed by atoms with Crippen molar-refractivity contribution in [2.24, 2.45) is 0 Å². The lowest BCUT2D eigenvalue weighted by atomic mass is 10.0. The molecule has 1 aromatic carbocycles. The van der Waals surface area contributed by atoms with Gasteiger partial charge in [-0.05, 0) is 36.5 Å². The lowest BCUT2D eigenvalue weighted by Crippen LogP contribution is -2.34. The van der Waals surface area contributed by atoms with Crippen LogP contribution < -0.4 is 15.4 Å². The molecular formula is C22H30F2N3O+. The molecule has 2 rings (SSSR count). The Hall–Kier alpha value is -2.50. The van der Waals surface area contributed by atoms with Crippen molar-refractivity contribution in [3.63, 3.8) is 0 Å². The van der Waals surface area contributed by atoms with Gasteiger partial charge in [-0.1, -0.05) is 44.4 Å². The summed E-state index contributed by atoms with van der Waals surface area (Å²) >= 11 is 0. The number of pyridine rings is 1. The van der Waals surface area contributed by atoms with Crippen molar-refractivity contribution in [3.05, 3.63) is 59.9 Å². The van der Waals surface area contributed by atoms with Gasteiger partial charge in [0, 0.05) is 18.6 Å². The molecule has 28 heavy (non-hydrogen) atoms. The second-order valence-electron chi connectivity index (χ2n) is 6.93. The predicted octanol–water partition coefficient (Wildman–Crippen LogP) is 4.44. The minimum absolute atomic E-state index is 0.634. The van der Waals surface area contributed by atoms with E-state index in [2.05, 4.69) is 41.4 Å². The smallest absolute Gasteiger partial charge is 0.298 e. The molecule has 2 aromatic rings. The van der Waals surface area contributed by atoms with Crippen molar-refractivity contribution >= 4 is 11.6 Å². The Kier molecular flexibility index (Phi) is 9.39. The van der Waals surface area contributed by atoms with Crippen molar-refractivity contribution in [1.29, 1.82) is 0 Å². The molecule has 4 nitrogen and oxygen atoms in total. The molecule has 2 N–H and O–H groups in total. The van der Waals surface area contributed by atoms with Gasteiger partial charge in [0.2, 0.25) is 0 Å². The number of nitrogens with zero attached hydrogens (tertiary/aromatic N) is 1. The summed E-state index contributed by atoms with van der Waals surface area (Å²) in [5.41, 5.74) is 7.44. The summed E-state index contributed by atoms with van der Waals surface area (Å²) < 4.78 is 26.8. The standard InChI is InChI=1S/C22H29F2N3O/c1-2-3-4-5-8-15-27-16-13-18(14-17-27)11-12-19-9-6-7-10-20(19)25-26-22(28)21(23)24/h6-7,9-10,13-14,16-17,21,25H,2-5,8,11-12,15H2,1H3/p+1. The molecule has 0 unspecified atom stereocenters. The molecule has 6 heteroatoms. The molecule has 1 heterocycles. The van der Waals surface area contributed by atoms with Crippen LogP contribution in [-0.4, -0.2) is 12.3 Å². The Bertz CT molecular complexity index is 720. The summed E-state index contributed by atoms with van der Waals surface area (Å²) in [6, 6.07) is 11.6. The number of para-hydroxylation sites is 1. The molecule has 1 amide bonds. The van der Waals surface area contributed by atoms with Crippen LogP contribution in [0.2, 0.25) is 0 Å². The molecule has 152 valence electrons. The van der Waals surface area contributed by atoms with E-state index in [9.17, 15) is 13.6 Å². The largest absolute Gasteiger partial charge is 0.317 e. The first-order chi connectivity index (χ1) is 13.6. The van der Waals surface area contributed by atoms with Crippen LogP contribution in [0.15, 0.2) is 48.8 Å². The first kappa shape index (κ1) is 21.8. The second kappa shape index (κ2) is 12.1. The first-order valence-electron chi connectivity index (χ1n) is 10.00. The van der Waals surface area contributed by atoms with Crippen molar-refractivity contribution in [3.8, 4) is 0 Å². The third-order valence-corrected chi connectivity index (χ3v) is 4.70. The number of carbonyl (C=O) groups excluding carboxylic acids is 1. The number of hydrogen-bond acceptors (Lipinski definition) is 2.